The van der Waals surface area contributed by atoms with Crippen molar-refractivity contribution < 1.29 is 4.79 Å². The van der Waals surface area contributed by atoms with E-state index < -0.39 is 0 Å². The van der Waals surface area contributed by atoms with Crippen molar-refractivity contribution in [3.05, 3.63) is 93.7 Å². The van der Waals surface area contributed by atoms with E-state index in [1.54, 1.807) is 4.68 Å². The molecular weight excluding hydrogens is 498 g/mol. The van der Waals surface area contributed by atoms with Gasteiger partial charge in [0.1, 0.15) is 0 Å². The number of likely N-dealkylation sites (tertiary alicyclic amines) is 1. The maximum absolute atomic E-state index is 13.2. The van der Waals surface area contributed by atoms with Crippen molar-refractivity contribution in [3.8, 4) is 0 Å². The standard InChI is InChI=1S/C30H32ClN5O2/c1-21(37)32-26-7-4-6-23(20-26)22-14-18-35(19-15-22)16-5-17-36-30(38)28-9-3-2-8-27(28)29(34-36)33-25-12-10-24(31)11-13-25/h2-4,6-13,20,22H,5,14-19H2,1H3,(H,32,37)(H,33,34). The average Bonchev–Trinajstić information content (AvgIpc) is 2.92. The predicted molar refractivity (Wildman–Crippen MR) is 155 cm³/mol. The van der Waals surface area contributed by atoms with E-state index in [1.165, 1.54) is 12.5 Å². The second-order valence-electron chi connectivity index (χ2n) is 9.83. The van der Waals surface area contributed by atoms with Gasteiger partial charge in [-0.15, -0.1) is 0 Å². The minimum Gasteiger partial charge on any atom is -0.338 e. The summed E-state index contributed by atoms with van der Waals surface area (Å²) in [5, 5.41) is 13.0. The third-order valence-corrected chi connectivity index (χ3v) is 7.34. The summed E-state index contributed by atoms with van der Waals surface area (Å²) in [7, 11) is 0. The Kier molecular flexibility index (Phi) is 8.05. The minimum atomic E-state index is -0.0694. The van der Waals surface area contributed by atoms with E-state index >= 15 is 0 Å². The lowest BCUT2D eigenvalue weighted by molar-refractivity contribution is -0.114. The van der Waals surface area contributed by atoms with Crippen LogP contribution in [-0.4, -0.2) is 40.2 Å². The second kappa shape index (κ2) is 11.8. The molecule has 38 heavy (non-hydrogen) atoms. The van der Waals surface area contributed by atoms with Gasteiger partial charge in [-0.05, 0) is 92.8 Å². The fourth-order valence-corrected chi connectivity index (χ4v) is 5.28. The molecule has 1 saturated heterocycles. The highest BCUT2D eigenvalue weighted by molar-refractivity contribution is 6.30. The van der Waals surface area contributed by atoms with Gasteiger partial charge >= 0.3 is 0 Å². The summed E-state index contributed by atoms with van der Waals surface area (Å²) in [5.41, 5.74) is 2.93. The Morgan fingerprint density at radius 1 is 0.947 bits per heavy atom. The molecule has 7 nitrogen and oxygen atoms in total. The Morgan fingerprint density at radius 2 is 1.68 bits per heavy atom. The van der Waals surface area contributed by atoms with Gasteiger partial charge in [0.15, 0.2) is 5.82 Å². The molecule has 1 aliphatic heterocycles. The number of fused-ring (bicyclic) bond motifs is 1. The SMILES string of the molecule is CC(=O)Nc1cccc(C2CCN(CCCn3nc(Nc4ccc(Cl)cc4)c4ccccc4c3=O)CC2)c1. The Labute approximate surface area is 227 Å². The van der Waals surface area contributed by atoms with Crippen LogP contribution >= 0.6 is 11.6 Å². The number of nitrogens with zero attached hydrogens (tertiary/aromatic N) is 3. The summed E-state index contributed by atoms with van der Waals surface area (Å²) in [6.45, 7) is 5.03. The normalized spacial score (nSPS) is 14.5. The lowest BCUT2D eigenvalue weighted by Gasteiger charge is -2.32. The first-order valence-electron chi connectivity index (χ1n) is 13.1. The summed E-state index contributed by atoms with van der Waals surface area (Å²) in [4.78, 5) is 27.0. The van der Waals surface area contributed by atoms with Gasteiger partial charge < -0.3 is 15.5 Å². The Morgan fingerprint density at radius 3 is 2.42 bits per heavy atom. The summed E-state index contributed by atoms with van der Waals surface area (Å²) in [5.74, 6) is 1.10. The van der Waals surface area contributed by atoms with Crippen LogP contribution in [0.5, 0.6) is 0 Å². The molecule has 1 aliphatic rings. The molecule has 196 valence electrons. The van der Waals surface area contributed by atoms with Crippen molar-refractivity contribution in [1.82, 2.24) is 14.7 Å². The van der Waals surface area contributed by atoms with Gasteiger partial charge in [-0.3, -0.25) is 9.59 Å². The number of benzene rings is 3. The maximum atomic E-state index is 13.2. The highest BCUT2D eigenvalue weighted by Gasteiger charge is 2.21. The molecule has 5 rings (SSSR count). The molecule has 1 aromatic heterocycles. The van der Waals surface area contributed by atoms with Crippen LogP contribution in [0.4, 0.5) is 17.2 Å². The number of rotatable bonds is 8. The molecule has 1 amide bonds. The first kappa shape index (κ1) is 25.9. The summed E-state index contributed by atoms with van der Waals surface area (Å²) in [6.07, 6.45) is 2.99. The number of hydrogen-bond acceptors (Lipinski definition) is 5. The number of amides is 1. The quantitative estimate of drug-likeness (QED) is 0.292. The van der Waals surface area contributed by atoms with Gasteiger partial charge in [-0.2, -0.15) is 5.10 Å². The molecule has 0 aliphatic carbocycles. The molecule has 3 aromatic carbocycles. The molecule has 0 bridgehead atoms. The highest BCUT2D eigenvalue weighted by atomic mass is 35.5. The third-order valence-electron chi connectivity index (χ3n) is 7.08. The van der Waals surface area contributed by atoms with E-state index in [-0.39, 0.29) is 11.5 Å². The topological polar surface area (TPSA) is 79.3 Å². The van der Waals surface area contributed by atoms with E-state index in [2.05, 4.69) is 27.7 Å². The number of aromatic nitrogens is 2. The van der Waals surface area contributed by atoms with Crippen LogP contribution in [0.1, 0.15) is 37.7 Å². The van der Waals surface area contributed by atoms with Crippen molar-refractivity contribution in [1.29, 1.82) is 0 Å². The van der Waals surface area contributed by atoms with Crippen LogP contribution in [0, 0.1) is 0 Å². The first-order valence-corrected chi connectivity index (χ1v) is 13.5. The molecule has 2 N–H and O–H groups in total. The van der Waals surface area contributed by atoms with E-state index in [0.717, 1.165) is 55.7 Å². The van der Waals surface area contributed by atoms with Crippen LogP contribution < -0.4 is 16.2 Å². The van der Waals surface area contributed by atoms with Crippen molar-refractivity contribution in [2.24, 2.45) is 0 Å². The highest BCUT2D eigenvalue weighted by Crippen LogP contribution is 2.30. The fourth-order valence-electron chi connectivity index (χ4n) is 5.16. The minimum absolute atomic E-state index is 0.0511. The number of halogens is 1. The van der Waals surface area contributed by atoms with Crippen LogP contribution in [-0.2, 0) is 11.3 Å². The molecule has 2 heterocycles. The molecule has 4 aromatic rings. The molecule has 0 saturated carbocycles. The predicted octanol–water partition coefficient (Wildman–Crippen LogP) is 6.02. The molecule has 0 spiro atoms. The lowest BCUT2D eigenvalue weighted by Crippen LogP contribution is -2.34. The van der Waals surface area contributed by atoms with E-state index in [4.69, 9.17) is 16.7 Å². The zero-order valence-corrected chi connectivity index (χ0v) is 22.2. The van der Waals surface area contributed by atoms with Crippen molar-refractivity contribution in [3.63, 3.8) is 0 Å². The van der Waals surface area contributed by atoms with Gasteiger partial charge in [-0.25, -0.2) is 4.68 Å². The first-order chi connectivity index (χ1) is 18.5. The molecule has 8 heteroatoms. The summed E-state index contributed by atoms with van der Waals surface area (Å²) < 4.78 is 1.58. The van der Waals surface area contributed by atoms with Crippen molar-refractivity contribution in [2.45, 2.75) is 38.6 Å². The zero-order chi connectivity index (χ0) is 26.5. The molecule has 1 fully saturated rings. The van der Waals surface area contributed by atoms with Crippen LogP contribution in [0.25, 0.3) is 10.8 Å². The Bertz CT molecular complexity index is 1480. The zero-order valence-electron chi connectivity index (χ0n) is 21.5. The number of aryl methyl sites for hydroxylation is 1. The smallest absolute Gasteiger partial charge is 0.274 e. The number of carbonyl (C=O) groups excluding carboxylic acids is 1. The van der Waals surface area contributed by atoms with Crippen LogP contribution in [0.2, 0.25) is 5.02 Å². The van der Waals surface area contributed by atoms with Crippen molar-refractivity contribution >= 4 is 45.5 Å². The summed E-state index contributed by atoms with van der Waals surface area (Å²) in [6, 6.07) is 23.2. The number of nitrogens with one attached hydrogen (secondary N) is 2. The number of hydrogen-bond donors (Lipinski definition) is 2. The largest absolute Gasteiger partial charge is 0.338 e. The second-order valence-corrected chi connectivity index (χ2v) is 10.3. The van der Waals surface area contributed by atoms with Gasteiger partial charge in [0.2, 0.25) is 5.91 Å². The monoisotopic (exact) mass is 529 g/mol. The van der Waals surface area contributed by atoms with Crippen LogP contribution in [0.15, 0.2) is 77.6 Å². The maximum Gasteiger partial charge on any atom is 0.274 e. The summed E-state index contributed by atoms with van der Waals surface area (Å²) >= 11 is 6.03. The Balaban J connectivity index is 1.21. The van der Waals surface area contributed by atoms with Crippen molar-refractivity contribution in [2.75, 3.05) is 30.3 Å². The van der Waals surface area contributed by atoms with E-state index in [0.29, 0.717) is 28.7 Å². The van der Waals surface area contributed by atoms with Crippen LogP contribution in [0.3, 0.4) is 0 Å². The van der Waals surface area contributed by atoms with Gasteiger partial charge in [0.25, 0.3) is 5.56 Å². The number of anilines is 3. The van der Waals surface area contributed by atoms with E-state index in [1.807, 2.05) is 60.7 Å². The third kappa shape index (κ3) is 6.23. The fraction of sp³-hybridized carbons (Fsp3) is 0.300. The lowest BCUT2D eigenvalue weighted by atomic mass is 9.89. The molecule has 0 radical (unpaired) electrons. The average molecular weight is 530 g/mol. The molecular formula is C30H32ClN5O2. The van der Waals surface area contributed by atoms with Gasteiger partial charge in [-0.1, -0.05) is 41.9 Å². The van der Waals surface area contributed by atoms with E-state index in [9.17, 15) is 9.59 Å². The number of piperidine rings is 1. The van der Waals surface area contributed by atoms with Gasteiger partial charge in [0.05, 0.1) is 5.39 Å². The number of carbonyl (C=O) groups is 1. The Hall–Kier alpha value is -3.68. The molecule has 0 atom stereocenters. The van der Waals surface area contributed by atoms with Gasteiger partial charge in [0, 0.05) is 35.3 Å². The molecule has 0 unspecified atom stereocenters.